The van der Waals surface area contributed by atoms with E-state index in [0.29, 0.717) is 45.4 Å². The van der Waals surface area contributed by atoms with E-state index in [1.165, 1.54) is 6.07 Å². The standard InChI is InChI=1S/C22H25N3O4/c26-19-8-4-5-12-23(19)13-9-20(27)24-14-10-22(11-15-24)17-25(21(28)16-29-22)18-6-2-1-3-7-18/h1-8,12H,9-11,13-17H2. The number of ether oxygens (including phenoxy) is 1. The monoisotopic (exact) mass is 395 g/mol. The molecule has 152 valence electrons. The number of carbonyl (C=O) groups excluding carboxylic acids is 2. The molecule has 2 fully saturated rings. The largest absolute Gasteiger partial charge is 0.363 e. The Labute approximate surface area is 169 Å². The third-order valence-electron chi connectivity index (χ3n) is 5.81. The van der Waals surface area contributed by atoms with Crippen molar-refractivity contribution in [1.82, 2.24) is 9.47 Å². The van der Waals surface area contributed by atoms with E-state index in [-0.39, 0.29) is 24.0 Å². The summed E-state index contributed by atoms with van der Waals surface area (Å²) in [4.78, 5) is 40.4. The number of hydrogen-bond donors (Lipinski definition) is 0. The van der Waals surface area contributed by atoms with Crippen molar-refractivity contribution in [2.24, 2.45) is 0 Å². The van der Waals surface area contributed by atoms with Crippen LogP contribution in [0.25, 0.3) is 0 Å². The number of aromatic nitrogens is 1. The maximum absolute atomic E-state index is 12.6. The van der Waals surface area contributed by atoms with Gasteiger partial charge in [0.1, 0.15) is 6.61 Å². The number of piperidine rings is 1. The zero-order valence-electron chi connectivity index (χ0n) is 16.3. The Bertz CT molecular complexity index is 932. The average molecular weight is 395 g/mol. The van der Waals surface area contributed by atoms with E-state index in [2.05, 4.69) is 0 Å². The molecule has 0 radical (unpaired) electrons. The second-order valence-corrected chi connectivity index (χ2v) is 7.65. The number of anilines is 1. The molecule has 4 rings (SSSR count). The number of nitrogens with zero attached hydrogens (tertiary/aromatic N) is 3. The number of benzene rings is 1. The fraction of sp³-hybridized carbons (Fsp3) is 0.409. The van der Waals surface area contributed by atoms with Crippen LogP contribution in [0.2, 0.25) is 0 Å². The molecule has 2 aromatic rings. The minimum Gasteiger partial charge on any atom is -0.363 e. The minimum absolute atomic E-state index is 0.0337. The van der Waals surface area contributed by atoms with Crippen LogP contribution in [0.5, 0.6) is 0 Å². The predicted octanol–water partition coefficient (Wildman–Crippen LogP) is 1.66. The Kier molecular flexibility index (Phi) is 5.49. The van der Waals surface area contributed by atoms with Crippen LogP contribution in [0.3, 0.4) is 0 Å². The van der Waals surface area contributed by atoms with Gasteiger partial charge < -0.3 is 19.1 Å². The fourth-order valence-corrected chi connectivity index (χ4v) is 4.04. The second-order valence-electron chi connectivity index (χ2n) is 7.65. The van der Waals surface area contributed by atoms with Gasteiger partial charge in [-0.3, -0.25) is 14.4 Å². The van der Waals surface area contributed by atoms with Crippen molar-refractivity contribution in [1.29, 1.82) is 0 Å². The summed E-state index contributed by atoms with van der Waals surface area (Å²) in [6, 6.07) is 14.6. The molecule has 7 nitrogen and oxygen atoms in total. The molecule has 0 N–H and O–H groups in total. The Morgan fingerprint density at radius 2 is 1.72 bits per heavy atom. The summed E-state index contributed by atoms with van der Waals surface area (Å²) >= 11 is 0. The first kappa shape index (κ1) is 19.4. The molecule has 3 heterocycles. The van der Waals surface area contributed by atoms with Crippen molar-refractivity contribution in [3.63, 3.8) is 0 Å². The van der Waals surface area contributed by atoms with Gasteiger partial charge >= 0.3 is 0 Å². The van der Waals surface area contributed by atoms with Crippen molar-refractivity contribution < 1.29 is 14.3 Å². The normalized spacial score (nSPS) is 18.8. The van der Waals surface area contributed by atoms with E-state index >= 15 is 0 Å². The Balaban J connectivity index is 1.35. The molecule has 1 spiro atoms. The van der Waals surface area contributed by atoms with Gasteiger partial charge in [0.2, 0.25) is 5.91 Å². The molecule has 29 heavy (non-hydrogen) atoms. The quantitative estimate of drug-likeness (QED) is 0.789. The highest BCUT2D eigenvalue weighted by molar-refractivity contribution is 5.95. The molecule has 1 aromatic carbocycles. The number of amides is 2. The van der Waals surface area contributed by atoms with Crippen LogP contribution in [0.1, 0.15) is 19.3 Å². The molecule has 0 saturated carbocycles. The lowest BCUT2D eigenvalue weighted by atomic mass is 9.89. The number of aryl methyl sites for hydroxylation is 1. The van der Waals surface area contributed by atoms with Crippen LogP contribution < -0.4 is 10.5 Å². The molecule has 2 saturated heterocycles. The molecule has 2 amide bonds. The molecule has 0 atom stereocenters. The highest BCUT2D eigenvalue weighted by Crippen LogP contribution is 2.32. The number of likely N-dealkylation sites (tertiary alicyclic amines) is 1. The Morgan fingerprint density at radius 3 is 2.45 bits per heavy atom. The van der Waals surface area contributed by atoms with Crippen LogP contribution in [0.4, 0.5) is 5.69 Å². The average Bonchev–Trinajstić information content (AvgIpc) is 2.76. The van der Waals surface area contributed by atoms with Gasteiger partial charge in [-0.25, -0.2) is 0 Å². The number of rotatable bonds is 4. The highest BCUT2D eigenvalue weighted by atomic mass is 16.5. The van der Waals surface area contributed by atoms with Gasteiger partial charge in [-0.15, -0.1) is 0 Å². The summed E-state index contributed by atoms with van der Waals surface area (Å²) < 4.78 is 7.52. The lowest BCUT2D eigenvalue weighted by Gasteiger charge is -2.47. The van der Waals surface area contributed by atoms with Gasteiger partial charge in [0.25, 0.3) is 11.5 Å². The zero-order chi connectivity index (χ0) is 20.3. The first-order chi connectivity index (χ1) is 14.1. The summed E-state index contributed by atoms with van der Waals surface area (Å²) in [6.45, 7) is 2.16. The van der Waals surface area contributed by atoms with Crippen molar-refractivity contribution in [3.8, 4) is 0 Å². The lowest BCUT2D eigenvalue weighted by molar-refractivity contribution is -0.150. The Hall–Kier alpha value is -2.93. The first-order valence-electron chi connectivity index (χ1n) is 9.99. The predicted molar refractivity (Wildman–Crippen MR) is 109 cm³/mol. The maximum Gasteiger partial charge on any atom is 0.253 e. The smallest absolute Gasteiger partial charge is 0.253 e. The minimum atomic E-state index is -0.406. The molecular formula is C22H25N3O4. The van der Waals surface area contributed by atoms with Crippen LogP contribution in [0, 0.1) is 0 Å². The number of morpholine rings is 1. The molecular weight excluding hydrogens is 370 g/mol. The van der Waals surface area contributed by atoms with Gasteiger partial charge in [-0.2, -0.15) is 0 Å². The maximum atomic E-state index is 12.6. The summed E-state index contributed by atoms with van der Waals surface area (Å²) in [5.74, 6) is 0.0102. The Morgan fingerprint density at radius 1 is 1.00 bits per heavy atom. The fourth-order valence-electron chi connectivity index (χ4n) is 4.04. The number of carbonyl (C=O) groups is 2. The van der Waals surface area contributed by atoms with E-state index < -0.39 is 5.60 Å². The topological polar surface area (TPSA) is 71.9 Å². The third kappa shape index (κ3) is 4.24. The molecule has 2 aliphatic rings. The van der Waals surface area contributed by atoms with Crippen LogP contribution in [-0.2, 0) is 20.9 Å². The SMILES string of the molecule is O=C(CCn1ccccc1=O)N1CCC2(CC1)CN(c1ccccc1)C(=O)CO2. The van der Waals surface area contributed by atoms with Crippen molar-refractivity contribution >= 4 is 17.5 Å². The molecule has 0 unspecified atom stereocenters. The molecule has 2 aliphatic heterocycles. The van der Waals surface area contributed by atoms with Gasteiger partial charge in [-0.1, -0.05) is 24.3 Å². The van der Waals surface area contributed by atoms with Gasteiger partial charge in [-0.05, 0) is 31.0 Å². The van der Waals surface area contributed by atoms with Crippen LogP contribution in [0.15, 0.2) is 59.5 Å². The second kappa shape index (κ2) is 8.21. The highest BCUT2D eigenvalue weighted by Gasteiger charge is 2.43. The van der Waals surface area contributed by atoms with Crippen molar-refractivity contribution in [2.75, 3.05) is 31.1 Å². The molecule has 1 aromatic heterocycles. The first-order valence-corrected chi connectivity index (χ1v) is 9.99. The molecule has 0 bridgehead atoms. The summed E-state index contributed by atoms with van der Waals surface area (Å²) in [7, 11) is 0. The van der Waals surface area contributed by atoms with Crippen molar-refractivity contribution in [2.45, 2.75) is 31.4 Å². The van der Waals surface area contributed by atoms with Gasteiger partial charge in [0, 0.05) is 44.0 Å². The van der Waals surface area contributed by atoms with E-state index in [0.717, 1.165) is 5.69 Å². The van der Waals surface area contributed by atoms with Gasteiger partial charge in [0.15, 0.2) is 0 Å². The number of hydrogen-bond acceptors (Lipinski definition) is 4. The number of pyridine rings is 1. The summed E-state index contributed by atoms with van der Waals surface area (Å²) in [6.07, 6.45) is 3.39. The molecule has 7 heteroatoms. The van der Waals surface area contributed by atoms with Crippen LogP contribution in [-0.4, -0.2) is 53.1 Å². The summed E-state index contributed by atoms with van der Waals surface area (Å²) in [5.41, 5.74) is 0.378. The number of para-hydroxylation sites is 1. The molecule has 0 aliphatic carbocycles. The lowest BCUT2D eigenvalue weighted by Crippen LogP contribution is -2.59. The van der Waals surface area contributed by atoms with E-state index in [4.69, 9.17) is 4.74 Å². The summed E-state index contributed by atoms with van der Waals surface area (Å²) in [5, 5.41) is 0. The third-order valence-corrected chi connectivity index (χ3v) is 5.81. The van der Waals surface area contributed by atoms with E-state index in [1.807, 2.05) is 35.2 Å². The zero-order valence-corrected chi connectivity index (χ0v) is 16.3. The van der Waals surface area contributed by atoms with Crippen molar-refractivity contribution in [3.05, 3.63) is 65.1 Å². The van der Waals surface area contributed by atoms with Gasteiger partial charge in [0.05, 0.1) is 12.1 Å². The van der Waals surface area contributed by atoms with E-state index in [1.54, 1.807) is 27.8 Å². The van der Waals surface area contributed by atoms with E-state index in [9.17, 15) is 14.4 Å². The van der Waals surface area contributed by atoms with Crippen LogP contribution >= 0.6 is 0 Å².